The van der Waals surface area contributed by atoms with Gasteiger partial charge in [0.1, 0.15) is 0 Å². The van der Waals surface area contributed by atoms with Crippen molar-refractivity contribution in [3.8, 4) is 11.4 Å². The highest BCUT2D eigenvalue weighted by atomic mass is 16.2. The van der Waals surface area contributed by atoms with Gasteiger partial charge in [0.15, 0.2) is 5.82 Å². The molecule has 0 N–H and O–H groups in total. The van der Waals surface area contributed by atoms with E-state index < -0.39 is 0 Å². The van der Waals surface area contributed by atoms with Gasteiger partial charge < -0.3 is 9.80 Å². The summed E-state index contributed by atoms with van der Waals surface area (Å²) in [6.07, 6.45) is 0. The molecule has 0 unspecified atom stereocenters. The highest BCUT2D eigenvalue weighted by molar-refractivity contribution is 6.16. The lowest BCUT2D eigenvalue weighted by molar-refractivity contribution is 0.0973. The number of rotatable bonds is 2. The largest absolute Gasteiger partial charge is 0.338 e. The highest BCUT2D eigenvalue weighted by Gasteiger charge is 2.36. The summed E-state index contributed by atoms with van der Waals surface area (Å²) in [5.74, 6) is 0.684. The molecule has 2 aliphatic heterocycles. The molecule has 0 radical (unpaired) electrons. The number of para-hydroxylation sites is 6. The van der Waals surface area contributed by atoms with Crippen molar-refractivity contribution < 1.29 is 4.79 Å². The van der Waals surface area contributed by atoms with Crippen molar-refractivity contribution in [3.05, 3.63) is 96.6 Å². The van der Waals surface area contributed by atoms with Gasteiger partial charge in [-0.1, -0.05) is 42.5 Å². The van der Waals surface area contributed by atoms with E-state index in [0.29, 0.717) is 11.4 Å². The van der Waals surface area contributed by atoms with Gasteiger partial charge in [-0.2, -0.15) is 0 Å². The lowest BCUT2D eigenvalue weighted by atomic mass is 10.0. The topological polar surface area (TPSA) is 41.4 Å². The van der Waals surface area contributed by atoms with Crippen LogP contribution < -0.4 is 9.80 Å². The van der Waals surface area contributed by atoms with Crippen molar-refractivity contribution in [2.24, 2.45) is 0 Å². The van der Waals surface area contributed by atoms with Crippen molar-refractivity contribution in [1.29, 1.82) is 0 Å². The monoisotopic (exact) mass is 428 g/mol. The Hall–Kier alpha value is -4.38. The zero-order valence-electron chi connectivity index (χ0n) is 18.1. The normalized spacial score (nSPS) is 13.7. The van der Waals surface area contributed by atoms with Gasteiger partial charge in [-0.3, -0.25) is 9.36 Å². The number of hydrogen-bond acceptors (Lipinski definition) is 4. The summed E-state index contributed by atoms with van der Waals surface area (Å²) >= 11 is 0. The summed E-state index contributed by atoms with van der Waals surface area (Å²) in [4.78, 5) is 23.0. The van der Waals surface area contributed by atoms with E-state index in [1.807, 2.05) is 36.4 Å². The zero-order chi connectivity index (χ0) is 22.1. The van der Waals surface area contributed by atoms with Crippen LogP contribution in [0.2, 0.25) is 0 Å². The van der Waals surface area contributed by atoms with Crippen molar-refractivity contribution in [2.75, 3.05) is 16.3 Å². The maximum Gasteiger partial charge on any atom is 0.264 e. The van der Waals surface area contributed by atoms with E-state index in [9.17, 15) is 4.79 Å². The molecule has 0 saturated heterocycles. The number of fused-ring (bicyclic) bond motifs is 7. The van der Waals surface area contributed by atoms with Crippen LogP contribution in [-0.2, 0) is 0 Å². The summed E-state index contributed by atoms with van der Waals surface area (Å²) in [6, 6.07) is 30.7. The van der Waals surface area contributed by atoms with Gasteiger partial charge in [-0.15, -0.1) is 0 Å². The third kappa shape index (κ3) is 2.31. The van der Waals surface area contributed by atoms with E-state index in [2.05, 4.69) is 71.3 Å². The van der Waals surface area contributed by atoms with Crippen molar-refractivity contribution >= 4 is 45.4 Å². The summed E-state index contributed by atoms with van der Waals surface area (Å²) in [5.41, 5.74) is 8.69. The molecular weight excluding hydrogens is 408 g/mol. The predicted octanol–water partition coefficient (Wildman–Crippen LogP) is 6.65. The van der Waals surface area contributed by atoms with Gasteiger partial charge >= 0.3 is 0 Å². The predicted molar refractivity (Wildman–Crippen MR) is 132 cm³/mol. The number of carbonyl (C=O) groups excluding carboxylic acids is 1. The van der Waals surface area contributed by atoms with E-state index in [1.165, 1.54) is 0 Å². The molecule has 0 atom stereocenters. The number of imidazole rings is 1. The SMILES string of the molecule is CCN1c2ccccc2N(c2cccc3c2-c2nc4ccccc4n2C3=O)c2ccccc21. The number of carbonyl (C=O) groups is 1. The molecule has 5 nitrogen and oxygen atoms in total. The average Bonchev–Trinajstić information content (AvgIpc) is 3.38. The van der Waals surface area contributed by atoms with Gasteiger partial charge in [0, 0.05) is 6.54 Å². The summed E-state index contributed by atoms with van der Waals surface area (Å²) in [7, 11) is 0. The van der Waals surface area contributed by atoms with Crippen LogP contribution in [0.25, 0.3) is 22.4 Å². The minimum atomic E-state index is -0.0238. The van der Waals surface area contributed by atoms with Crippen LogP contribution >= 0.6 is 0 Å². The standard InChI is InChI=1S/C28H20N4O/c1-2-30-21-13-5-7-15-23(21)31(24-16-8-6-14-22(24)30)25-17-9-10-18-26(25)27-29-19-11-3-4-12-20(19)32(27)28(18)33/h3-17H,2H2,1H3. The van der Waals surface area contributed by atoms with Crippen LogP contribution in [0.4, 0.5) is 28.4 Å². The van der Waals surface area contributed by atoms with E-state index in [0.717, 1.165) is 51.6 Å². The first-order valence-corrected chi connectivity index (χ1v) is 11.2. The number of aromatic nitrogens is 2. The number of anilines is 5. The van der Waals surface area contributed by atoms with Gasteiger partial charge in [0.05, 0.1) is 50.6 Å². The van der Waals surface area contributed by atoms with Gasteiger partial charge in [0.25, 0.3) is 5.91 Å². The minimum Gasteiger partial charge on any atom is -0.338 e. The second-order valence-corrected chi connectivity index (χ2v) is 8.32. The van der Waals surface area contributed by atoms with Crippen LogP contribution in [-0.4, -0.2) is 22.0 Å². The number of hydrogen-bond donors (Lipinski definition) is 0. The Morgan fingerprint density at radius 3 is 2.00 bits per heavy atom. The molecule has 5 aromatic rings. The minimum absolute atomic E-state index is 0.0238. The quantitative estimate of drug-likeness (QED) is 0.310. The molecule has 0 saturated carbocycles. The highest BCUT2D eigenvalue weighted by Crippen LogP contribution is 2.54. The summed E-state index contributed by atoms with van der Waals surface area (Å²) in [6.45, 7) is 3.04. The molecule has 7 rings (SSSR count). The van der Waals surface area contributed by atoms with E-state index in [-0.39, 0.29) is 5.91 Å². The fourth-order valence-electron chi connectivity index (χ4n) is 5.28. The Balaban J connectivity index is 1.55. The van der Waals surface area contributed by atoms with Gasteiger partial charge in [0.2, 0.25) is 0 Å². The lowest BCUT2D eigenvalue weighted by Crippen LogP contribution is -2.27. The summed E-state index contributed by atoms with van der Waals surface area (Å²) in [5, 5.41) is 0. The van der Waals surface area contributed by atoms with Crippen LogP contribution in [0.15, 0.2) is 91.0 Å². The molecule has 33 heavy (non-hydrogen) atoms. The maximum atomic E-state index is 13.5. The molecule has 1 aromatic heterocycles. The number of nitrogens with zero attached hydrogens (tertiary/aromatic N) is 4. The van der Waals surface area contributed by atoms with Crippen molar-refractivity contribution in [3.63, 3.8) is 0 Å². The van der Waals surface area contributed by atoms with E-state index in [1.54, 1.807) is 4.57 Å². The zero-order valence-corrected chi connectivity index (χ0v) is 18.1. The molecular formula is C28H20N4O. The molecule has 0 bridgehead atoms. The first-order valence-electron chi connectivity index (χ1n) is 11.2. The molecule has 0 spiro atoms. The molecule has 0 amide bonds. The Kier molecular flexibility index (Phi) is 3.62. The van der Waals surface area contributed by atoms with Crippen molar-refractivity contribution in [2.45, 2.75) is 6.92 Å². The van der Waals surface area contributed by atoms with Crippen LogP contribution in [0, 0.1) is 0 Å². The van der Waals surface area contributed by atoms with Crippen molar-refractivity contribution in [1.82, 2.24) is 9.55 Å². The second kappa shape index (κ2) is 6.56. The average molecular weight is 428 g/mol. The van der Waals surface area contributed by atoms with Gasteiger partial charge in [-0.25, -0.2) is 4.98 Å². The Labute approximate surface area is 191 Å². The molecule has 2 aliphatic rings. The third-order valence-corrected chi connectivity index (χ3v) is 6.64. The first kappa shape index (κ1) is 18.2. The molecule has 4 aromatic carbocycles. The molecule has 3 heterocycles. The van der Waals surface area contributed by atoms with Gasteiger partial charge in [-0.05, 0) is 55.5 Å². The lowest BCUT2D eigenvalue weighted by Gasteiger charge is -2.40. The van der Waals surface area contributed by atoms with E-state index >= 15 is 0 Å². The third-order valence-electron chi connectivity index (χ3n) is 6.64. The molecule has 0 aliphatic carbocycles. The van der Waals surface area contributed by atoms with Crippen LogP contribution in [0.5, 0.6) is 0 Å². The second-order valence-electron chi connectivity index (χ2n) is 8.32. The first-order chi connectivity index (χ1) is 16.3. The fraction of sp³-hybridized carbons (Fsp3) is 0.0714. The van der Waals surface area contributed by atoms with Crippen LogP contribution in [0.3, 0.4) is 0 Å². The molecule has 158 valence electrons. The Bertz CT molecular complexity index is 1550. The molecule has 0 fully saturated rings. The maximum absolute atomic E-state index is 13.5. The smallest absolute Gasteiger partial charge is 0.264 e. The molecule has 5 heteroatoms. The van der Waals surface area contributed by atoms with E-state index in [4.69, 9.17) is 4.98 Å². The Morgan fingerprint density at radius 2 is 1.30 bits per heavy atom. The fourth-order valence-corrected chi connectivity index (χ4v) is 5.28. The summed E-state index contributed by atoms with van der Waals surface area (Å²) < 4.78 is 1.75. The Morgan fingerprint density at radius 1 is 0.697 bits per heavy atom. The number of benzene rings is 4. The van der Waals surface area contributed by atoms with Crippen LogP contribution in [0.1, 0.15) is 17.3 Å².